The first kappa shape index (κ1) is 10.5. The fourth-order valence-corrected chi connectivity index (χ4v) is 1.06. The smallest absolute Gasteiger partial charge is 0.310 e. The number of phenols is 1. The second-order valence-corrected chi connectivity index (χ2v) is 3.52. The second-order valence-electron chi connectivity index (χ2n) is 3.52. The van der Waals surface area contributed by atoms with Crippen LogP contribution < -0.4 is 0 Å². The first-order valence-corrected chi connectivity index (χ1v) is 4.02. The highest BCUT2D eigenvalue weighted by Gasteiger charge is 2.20. The van der Waals surface area contributed by atoms with Gasteiger partial charge in [-0.25, -0.2) is 0 Å². The van der Waals surface area contributed by atoms with Crippen LogP contribution >= 0.6 is 0 Å². The van der Waals surface area contributed by atoms with Crippen molar-refractivity contribution in [2.24, 2.45) is 0 Å². The number of aromatic hydroxyl groups is 1. The summed E-state index contributed by atoms with van der Waals surface area (Å²) >= 11 is 0. The molecular weight excluding hydrogens is 186 g/mol. The van der Waals surface area contributed by atoms with E-state index in [1.807, 2.05) is 0 Å². The van der Waals surface area contributed by atoms with Gasteiger partial charge in [0, 0.05) is 6.07 Å². The van der Waals surface area contributed by atoms with E-state index in [4.69, 9.17) is 0 Å². The minimum atomic E-state index is -1.12. The fourth-order valence-electron chi connectivity index (χ4n) is 1.06. The van der Waals surface area contributed by atoms with E-state index in [0.717, 1.165) is 0 Å². The summed E-state index contributed by atoms with van der Waals surface area (Å²) in [5, 5.41) is 29.2. The number of nitrogens with zero attached hydrogens (tertiary/aromatic N) is 1. The highest BCUT2D eigenvalue weighted by Crippen LogP contribution is 2.30. The SMILES string of the molecule is CC(C)(O)c1ccc([N+](=O)[O-])c(O)c1. The lowest BCUT2D eigenvalue weighted by molar-refractivity contribution is -0.385. The Hall–Kier alpha value is -1.62. The van der Waals surface area contributed by atoms with Gasteiger partial charge in [0.2, 0.25) is 0 Å². The zero-order valence-electron chi connectivity index (χ0n) is 7.89. The maximum absolute atomic E-state index is 10.4. The number of phenolic OH excluding ortho intramolecular Hbond substituents is 1. The molecule has 0 unspecified atom stereocenters. The first-order chi connectivity index (χ1) is 6.32. The van der Waals surface area contributed by atoms with Crippen LogP contribution in [0.1, 0.15) is 19.4 Å². The lowest BCUT2D eigenvalue weighted by atomic mass is 9.98. The Kier molecular flexibility index (Phi) is 2.44. The summed E-state index contributed by atoms with van der Waals surface area (Å²) in [6.07, 6.45) is 0. The molecule has 1 aromatic rings. The van der Waals surface area contributed by atoms with Crippen LogP contribution in [-0.2, 0) is 5.60 Å². The molecule has 0 atom stereocenters. The van der Waals surface area contributed by atoms with Gasteiger partial charge >= 0.3 is 5.69 Å². The third-order valence-electron chi connectivity index (χ3n) is 1.88. The van der Waals surface area contributed by atoms with E-state index in [9.17, 15) is 20.3 Å². The van der Waals surface area contributed by atoms with E-state index in [1.165, 1.54) is 32.0 Å². The zero-order valence-corrected chi connectivity index (χ0v) is 7.89. The summed E-state index contributed by atoms with van der Waals surface area (Å²) in [6.45, 7) is 3.07. The highest BCUT2D eigenvalue weighted by atomic mass is 16.6. The summed E-state index contributed by atoms with van der Waals surface area (Å²) in [5.74, 6) is -0.436. The molecule has 0 spiro atoms. The van der Waals surface area contributed by atoms with Crippen molar-refractivity contribution < 1.29 is 15.1 Å². The molecule has 5 nitrogen and oxygen atoms in total. The molecule has 0 aliphatic rings. The molecule has 0 aliphatic carbocycles. The zero-order chi connectivity index (χ0) is 10.9. The number of rotatable bonds is 2. The van der Waals surface area contributed by atoms with E-state index < -0.39 is 16.3 Å². The number of hydrogen-bond donors (Lipinski definition) is 2. The molecule has 0 heterocycles. The molecule has 0 bridgehead atoms. The van der Waals surface area contributed by atoms with Crippen molar-refractivity contribution in [3.8, 4) is 5.75 Å². The molecule has 14 heavy (non-hydrogen) atoms. The van der Waals surface area contributed by atoms with Crippen LogP contribution in [0.2, 0.25) is 0 Å². The third kappa shape index (κ3) is 2.00. The molecule has 0 saturated carbocycles. The van der Waals surface area contributed by atoms with Crippen LogP contribution in [0.4, 0.5) is 5.69 Å². The Morgan fingerprint density at radius 2 is 2.00 bits per heavy atom. The fraction of sp³-hybridized carbons (Fsp3) is 0.333. The summed E-state index contributed by atoms with van der Waals surface area (Å²) in [4.78, 5) is 9.69. The number of benzene rings is 1. The molecule has 0 radical (unpaired) electrons. The molecule has 0 aliphatic heterocycles. The molecule has 0 aromatic heterocycles. The number of aliphatic hydroxyl groups is 1. The van der Waals surface area contributed by atoms with Gasteiger partial charge in [0.25, 0.3) is 0 Å². The lowest BCUT2D eigenvalue weighted by Gasteiger charge is -2.17. The van der Waals surface area contributed by atoms with E-state index in [0.29, 0.717) is 5.56 Å². The van der Waals surface area contributed by atoms with Gasteiger partial charge in [0.15, 0.2) is 5.75 Å². The summed E-state index contributed by atoms with van der Waals surface area (Å²) in [7, 11) is 0. The van der Waals surface area contributed by atoms with E-state index in [-0.39, 0.29) is 5.69 Å². The topological polar surface area (TPSA) is 83.6 Å². The average molecular weight is 197 g/mol. The van der Waals surface area contributed by atoms with Gasteiger partial charge < -0.3 is 10.2 Å². The molecule has 0 fully saturated rings. The Bertz CT molecular complexity index is 368. The molecule has 76 valence electrons. The van der Waals surface area contributed by atoms with Gasteiger partial charge in [0.1, 0.15) is 0 Å². The maximum atomic E-state index is 10.4. The van der Waals surface area contributed by atoms with E-state index in [1.54, 1.807) is 0 Å². The van der Waals surface area contributed by atoms with Crippen molar-refractivity contribution in [2.45, 2.75) is 19.4 Å². The van der Waals surface area contributed by atoms with Crippen LogP contribution in [0, 0.1) is 10.1 Å². The Morgan fingerprint density at radius 1 is 1.43 bits per heavy atom. The Morgan fingerprint density at radius 3 is 2.36 bits per heavy atom. The molecule has 0 saturated heterocycles. The summed E-state index contributed by atoms with van der Waals surface area (Å²) in [6, 6.07) is 3.78. The Balaban J connectivity index is 3.20. The van der Waals surface area contributed by atoms with Crippen molar-refractivity contribution in [3.63, 3.8) is 0 Å². The van der Waals surface area contributed by atoms with E-state index >= 15 is 0 Å². The van der Waals surface area contributed by atoms with Gasteiger partial charge in [-0.05, 0) is 31.5 Å². The van der Waals surface area contributed by atoms with Crippen LogP contribution in [0.3, 0.4) is 0 Å². The molecule has 1 rings (SSSR count). The maximum Gasteiger partial charge on any atom is 0.310 e. The van der Waals surface area contributed by atoms with Crippen molar-refractivity contribution in [3.05, 3.63) is 33.9 Å². The predicted molar refractivity (Wildman–Crippen MR) is 50.0 cm³/mol. The first-order valence-electron chi connectivity index (χ1n) is 4.02. The van der Waals surface area contributed by atoms with Gasteiger partial charge in [-0.2, -0.15) is 0 Å². The van der Waals surface area contributed by atoms with Crippen molar-refractivity contribution in [1.29, 1.82) is 0 Å². The van der Waals surface area contributed by atoms with Gasteiger partial charge in [0.05, 0.1) is 10.5 Å². The molecule has 0 amide bonds. The number of nitro benzene ring substituents is 1. The second kappa shape index (κ2) is 3.26. The van der Waals surface area contributed by atoms with Gasteiger partial charge in [-0.1, -0.05) is 0 Å². The minimum Gasteiger partial charge on any atom is -0.502 e. The van der Waals surface area contributed by atoms with E-state index in [2.05, 4.69) is 0 Å². The molecule has 2 N–H and O–H groups in total. The van der Waals surface area contributed by atoms with Crippen LogP contribution in [0.5, 0.6) is 5.75 Å². The quantitative estimate of drug-likeness (QED) is 0.556. The number of hydrogen-bond acceptors (Lipinski definition) is 4. The van der Waals surface area contributed by atoms with Crippen molar-refractivity contribution in [1.82, 2.24) is 0 Å². The van der Waals surface area contributed by atoms with Crippen LogP contribution in [0.25, 0.3) is 0 Å². The van der Waals surface area contributed by atoms with Crippen molar-refractivity contribution in [2.75, 3.05) is 0 Å². The number of nitro groups is 1. The molecule has 1 aromatic carbocycles. The highest BCUT2D eigenvalue weighted by molar-refractivity contribution is 5.48. The normalized spacial score (nSPS) is 11.4. The third-order valence-corrected chi connectivity index (χ3v) is 1.88. The predicted octanol–water partition coefficient (Wildman–Crippen LogP) is 1.53. The standard InChI is InChI=1S/C9H11NO4/c1-9(2,12)6-3-4-7(10(13)14)8(11)5-6/h3-5,11-12H,1-2H3. The largest absolute Gasteiger partial charge is 0.502 e. The van der Waals surface area contributed by atoms with Gasteiger partial charge in [-0.3, -0.25) is 10.1 Å². The summed E-state index contributed by atoms with van der Waals surface area (Å²) < 4.78 is 0. The Labute approximate surface area is 80.8 Å². The lowest BCUT2D eigenvalue weighted by Crippen LogP contribution is -2.15. The van der Waals surface area contributed by atoms with Crippen LogP contribution in [-0.4, -0.2) is 15.1 Å². The molecular formula is C9H11NO4. The summed E-state index contributed by atoms with van der Waals surface area (Å²) in [5.41, 5.74) is -1.05. The van der Waals surface area contributed by atoms with Crippen LogP contribution in [0.15, 0.2) is 18.2 Å². The monoisotopic (exact) mass is 197 g/mol. The average Bonchev–Trinajstić information content (AvgIpc) is 2.01. The minimum absolute atomic E-state index is 0.363. The van der Waals surface area contributed by atoms with Gasteiger partial charge in [-0.15, -0.1) is 0 Å². The molecule has 5 heteroatoms. The van der Waals surface area contributed by atoms with Crippen molar-refractivity contribution >= 4 is 5.69 Å².